The number of rotatable bonds is 7. The largest absolute Gasteiger partial charge is 0.356 e. The maximum Gasteiger partial charge on any atom is 0.193 e. The van der Waals surface area contributed by atoms with Crippen molar-refractivity contribution in [3.05, 3.63) is 89.0 Å². The van der Waals surface area contributed by atoms with Crippen molar-refractivity contribution in [3.63, 3.8) is 0 Å². The summed E-state index contributed by atoms with van der Waals surface area (Å²) in [7, 11) is 3.82. The van der Waals surface area contributed by atoms with Gasteiger partial charge in [-0.15, -0.1) is 24.0 Å². The fourth-order valence-electron chi connectivity index (χ4n) is 3.15. The van der Waals surface area contributed by atoms with Gasteiger partial charge >= 0.3 is 0 Å². The monoisotopic (exact) mass is 523 g/mol. The lowest BCUT2D eigenvalue weighted by Crippen LogP contribution is -2.39. The minimum atomic E-state index is 0. The molecule has 0 atom stereocenters. The molecule has 154 valence electrons. The minimum Gasteiger partial charge on any atom is -0.356 e. The van der Waals surface area contributed by atoms with E-state index in [1.54, 1.807) is 7.05 Å². The predicted molar refractivity (Wildman–Crippen MR) is 131 cm³/mol. The summed E-state index contributed by atoms with van der Waals surface area (Å²) in [5, 5.41) is 4.17. The summed E-state index contributed by atoms with van der Waals surface area (Å²) in [5.74, 6) is 1.91. The first-order valence-corrected chi connectivity index (χ1v) is 9.73. The third-order valence-corrected chi connectivity index (χ3v) is 4.75. The van der Waals surface area contributed by atoms with E-state index in [1.807, 2.05) is 43.7 Å². The van der Waals surface area contributed by atoms with E-state index in [4.69, 9.17) is 11.6 Å². The van der Waals surface area contributed by atoms with Crippen LogP contribution in [0.2, 0.25) is 5.02 Å². The van der Waals surface area contributed by atoms with Crippen molar-refractivity contribution in [3.8, 4) is 0 Å². The third kappa shape index (κ3) is 7.04. The number of nitrogens with one attached hydrogen (secondary N) is 1. The van der Waals surface area contributed by atoms with Crippen molar-refractivity contribution < 1.29 is 0 Å². The molecule has 0 aliphatic heterocycles. The molecule has 29 heavy (non-hydrogen) atoms. The van der Waals surface area contributed by atoms with Crippen LogP contribution in [-0.4, -0.2) is 41.1 Å². The van der Waals surface area contributed by atoms with Gasteiger partial charge in [-0.25, -0.2) is 4.98 Å². The Hall–Kier alpha value is -2.06. The highest BCUT2D eigenvalue weighted by Crippen LogP contribution is 2.12. The first-order valence-electron chi connectivity index (χ1n) is 9.36. The zero-order valence-corrected chi connectivity index (χ0v) is 19.8. The Balaban J connectivity index is 0.00000300. The van der Waals surface area contributed by atoms with Crippen molar-refractivity contribution in [1.29, 1.82) is 0 Å². The number of guanidine groups is 1. The number of aliphatic imine (C=N–C) groups is 1. The molecule has 1 heterocycles. The van der Waals surface area contributed by atoms with Gasteiger partial charge in [0.25, 0.3) is 0 Å². The Labute approximate surface area is 194 Å². The molecule has 0 spiro atoms. The Morgan fingerprint density at radius 1 is 1.14 bits per heavy atom. The number of aromatic nitrogens is 2. The molecular formula is C22H27ClIN5. The Kier molecular flexibility index (Phi) is 9.47. The lowest BCUT2D eigenvalue weighted by atomic mass is 10.2. The third-order valence-electron chi connectivity index (χ3n) is 4.51. The van der Waals surface area contributed by atoms with Gasteiger partial charge in [0.05, 0.1) is 0 Å². The van der Waals surface area contributed by atoms with Crippen LogP contribution in [0.1, 0.15) is 17.0 Å². The molecule has 2 aromatic carbocycles. The molecular weight excluding hydrogens is 497 g/mol. The summed E-state index contributed by atoms with van der Waals surface area (Å²) in [6.07, 6.45) is 4.71. The molecule has 1 N–H and O–H groups in total. The summed E-state index contributed by atoms with van der Waals surface area (Å²) in [6, 6.07) is 18.3. The molecule has 3 aromatic rings. The Morgan fingerprint density at radius 2 is 1.90 bits per heavy atom. The van der Waals surface area contributed by atoms with Crippen LogP contribution in [0.15, 0.2) is 72.0 Å². The second-order valence-corrected chi connectivity index (χ2v) is 7.10. The maximum atomic E-state index is 6.08. The van der Waals surface area contributed by atoms with Crippen molar-refractivity contribution in [2.75, 3.05) is 20.6 Å². The highest BCUT2D eigenvalue weighted by atomic mass is 127. The average Bonchev–Trinajstić information content (AvgIpc) is 3.13. The van der Waals surface area contributed by atoms with Gasteiger partial charge in [0.15, 0.2) is 5.96 Å². The fourth-order valence-corrected chi connectivity index (χ4v) is 3.36. The second kappa shape index (κ2) is 11.8. The summed E-state index contributed by atoms with van der Waals surface area (Å²) in [4.78, 5) is 11.0. The van der Waals surface area contributed by atoms with Gasteiger partial charge in [0, 0.05) is 57.6 Å². The second-order valence-electron chi connectivity index (χ2n) is 6.67. The van der Waals surface area contributed by atoms with E-state index in [0.29, 0.717) is 0 Å². The van der Waals surface area contributed by atoms with E-state index < -0.39 is 0 Å². The maximum absolute atomic E-state index is 6.08. The first kappa shape index (κ1) is 23.2. The normalized spacial score (nSPS) is 11.1. The van der Waals surface area contributed by atoms with Crippen LogP contribution in [-0.2, 0) is 19.5 Å². The molecule has 1 aromatic heterocycles. The van der Waals surface area contributed by atoms with Crippen LogP contribution in [0.5, 0.6) is 0 Å². The minimum absolute atomic E-state index is 0. The smallest absolute Gasteiger partial charge is 0.193 e. The predicted octanol–water partition coefficient (Wildman–Crippen LogP) is 4.45. The highest BCUT2D eigenvalue weighted by Gasteiger charge is 2.08. The number of hydrogen-bond donors (Lipinski definition) is 1. The molecule has 5 nitrogen and oxygen atoms in total. The zero-order chi connectivity index (χ0) is 19.8. The summed E-state index contributed by atoms with van der Waals surface area (Å²) >= 11 is 6.08. The van der Waals surface area contributed by atoms with E-state index >= 15 is 0 Å². The van der Waals surface area contributed by atoms with Gasteiger partial charge in [-0.1, -0.05) is 54.1 Å². The molecule has 3 rings (SSSR count). The number of benzene rings is 2. The quantitative estimate of drug-likeness (QED) is 0.283. The number of halogens is 2. The van der Waals surface area contributed by atoms with Crippen molar-refractivity contribution in [1.82, 2.24) is 19.8 Å². The van der Waals surface area contributed by atoms with Gasteiger partial charge in [0.2, 0.25) is 0 Å². The molecule has 0 fully saturated rings. The van der Waals surface area contributed by atoms with Crippen LogP contribution >= 0.6 is 35.6 Å². The summed E-state index contributed by atoms with van der Waals surface area (Å²) < 4.78 is 2.19. The summed E-state index contributed by atoms with van der Waals surface area (Å²) in [5.41, 5.74) is 2.42. The van der Waals surface area contributed by atoms with E-state index in [2.05, 4.69) is 55.1 Å². The van der Waals surface area contributed by atoms with Crippen LogP contribution < -0.4 is 5.32 Å². The van der Waals surface area contributed by atoms with Gasteiger partial charge in [-0.2, -0.15) is 0 Å². The van der Waals surface area contributed by atoms with Crippen molar-refractivity contribution in [2.24, 2.45) is 4.99 Å². The Bertz CT molecular complexity index is 910. The highest BCUT2D eigenvalue weighted by molar-refractivity contribution is 14.0. The molecule has 0 aliphatic rings. The van der Waals surface area contributed by atoms with E-state index in [-0.39, 0.29) is 24.0 Å². The van der Waals surface area contributed by atoms with Crippen LogP contribution in [0.3, 0.4) is 0 Å². The molecule has 0 bridgehead atoms. The van der Waals surface area contributed by atoms with E-state index in [0.717, 1.165) is 48.4 Å². The van der Waals surface area contributed by atoms with Crippen LogP contribution in [0, 0.1) is 0 Å². The molecule has 0 saturated heterocycles. The molecule has 7 heteroatoms. The SMILES string of the molecule is CN=C(NCCc1nccn1Cc1ccccc1)N(C)Cc1cccc(Cl)c1.I. The molecule has 0 radical (unpaired) electrons. The van der Waals surface area contributed by atoms with Gasteiger partial charge in [0.1, 0.15) is 5.82 Å². The van der Waals surface area contributed by atoms with Crippen LogP contribution in [0.4, 0.5) is 0 Å². The number of imidazole rings is 1. The number of hydrogen-bond acceptors (Lipinski definition) is 2. The number of nitrogens with zero attached hydrogens (tertiary/aromatic N) is 4. The fraction of sp³-hybridized carbons (Fsp3) is 0.273. The van der Waals surface area contributed by atoms with Crippen LogP contribution in [0.25, 0.3) is 0 Å². The Morgan fingerprint density at radius 3 is 2.62 bits per heavy atom. The molecule has 0 saturated carbocycles. The topological polar surface area (TPSA) is 45.5 Å². The lowest BCUT2D eigenvalue weighted by Gasteiger charge is -2.22. The van der Waals surface area contributed by atoms with E-state index in [9.17, 15) is 0 Å². The van der Waals surface area contributed by atoms with Gasteiger partial charge in [-0.05, 0) is 23.3 Å². The van der Waals surface area contributed by atoms with E-state index in [1.165, 1.54) is 5.56 Å². The molecule has 0 amide bonds. The lowest BCUT2D eigenvalue weighted by molar-refractivity contribution is 0.476. The van der Waals surface area contributed by atoms with Gasteiger partial charge in [-0.3, -0.25) is 4.99 Å². The average molecular weight is 524 g/mol. The van der Waals surface area contributed by atoms with Crippen molar-refractivity contribution in [2.45, 2.75) is 19.5 Å². The summed E-state index contributed by atoms with van der Waals surface area (Å²) in [6.45, 7) is 2.33. The molecule has 0 unspecified atom stereocenters. The zero-order valence-electron chi connectivity index (χ0n) is 16.8. The van der Waals surface area contributed by atoms with Crippen molar-refractivity contribution >= 4 is 41.5 Å². The molecule has 0 aliphatic carbocycles. The first-order chi connectivity index (χ1) is 13.7. The van der Waals surface area contributed by atoms with Gasteiger partial charge < -0.3 is 14.8 Å². The standard InChI is InChI=1S/C22H26ClN5.HI/c1-24-22(27(2)16-19-9-6-10-20(23)15-19)26-12-11-21-25-13-14-28(21)17-18-7-4-3-5-8-18;/h3-10,13-15H,11-12,16-17H2,1-2H3,(H,24,26);1H.